The van der Waals surface area contributed by atoms with Crippen LogP contribution in [0.15, 0.2) is 49.6 Å². The molecule has 0 aliphatic carbocycles. The van der Waals surface area contributed by atoms with Crippen molar-refractivity contribution in [2.75, 3.05) is 19.8 Å². The third-order valence-electron chi connectivity index (χ3n) is 9.16. The number of esters is 1. The van der Waals surface area contributed by atoms with Gasteiger partial charge in [0.1, 0.15) is 29.7 Å². The number of nitrogens with zero attached hydrogens (tertiary/aromatic N) is 5. The maximum absolute atomic E-state index is 14.6. The molecule has 220 valence electrons. The SMILES string of the molecule is C=CCCCOC(=O)[C@H]1[C@H]2C(=O)N([C@H](C)CO)C(C(=O)N(CC=C)Cn3nnc4ccccc43)C23CC(C)[C@]1(C)O3. The number of benzene rings is 1. The molecule has 3 aliphatic rings. The van der Waals surface area contributed by atoms with Crippen LogP contribution in [0.25, 0.3) is 11.0 Å². The molecule has 1 aromatic heterocycles. The molecule has 1 N–H and O–H groups in total. The number of likely N-dealkylation sites (tertiary alicyclic amines) is 1. The molecule has 2 amide bonds. The number of ether oxygens (including phenoxy) is 2. The maximum Gasteiger partial charge on any atom is 0.312 e. The molecular weight excluding hydrogens is 526 g/mol. The number of para-hydroxylation sites is 1. The first-order valence-corrected chi connectivity index (χ1v) is 14.2. The number of hydrogen-bond donors (Lipinski definition) is 1. The zero-order chi connectivity index (χ0) is 29.5. The van der Waals surface area contributed by atoms with E-state index in [1.165, 1.54) is 4.90 Å². The molecule has 0 saturated carbocycles. The van der Waals surface area contributed by atoms with Crippen LogP contribution in [0.3, 0.4) is 0 Å². The van der Waals surface area contributed by atoms with Gasteiger partial charge in [0.15, 0.2) is 0 Å². The van der Waals surface area contributed by atoms with Crippen molar-refractivity contribution in [3.8, 4) is 0 Å². The van der Waals surface area contributed by atoms with Gasteiger partial charge in [0.05, 0.1) is 36.3 Å². The number of carbonyl (C=O) groups excluding carboxylic acids is 3. The second kappa shape index (κ2) is 11.0. The summed E-state index contributed by atoms with van der Waals surface area (Å²) < 4.78 is 14.0. The Bertz CT molecular complexity index is 1360. The number of amides is 2. The first kappa shape index (κ1) is 28.9. The molecule has 1 spiro atoms. The lowest BCUT2D eigenvalue weighted by molar-refractivity contribution is -0.164. The van der Waals surface area contributed by atoms with Crippen molar-refractivity contribution in [1.29, 1.82) is 0 Å². The first-order valence-electron chi connectivity index (χ1n) is 14.2. The van der Waals surface area contributed by atoms with Crippen LogP contribution in [0.4, 0.5) is 0 Å². The summed E-state index contributed by atoms with van der Waals surface area (Å²) in [6.45, 7) is 13.2. The number of fused-ring (bicyclic) bond motifs is 2. The standard InChI is InChI=1S/C30H39N5O6/c1-6-8-11-15-40-28(39)24-23-26(37)35(20(4)17-36)25(30(23)16-19(3)29(24,5)41-30)27(38)33(14-7-2)18-34-22-13-10-9-12-21(22)31-32-34/h6-7,9-10,12-13,19-20,23-25,36H,1-2,8,11,14-18H2,3-5H3/t19?,20-,23+,24-,25?,29+,30?/m1/s1. The summed E-state index contributed by atoms with van der Waals surface area (Å²) in [5.74, 6) is -3.14. The number of unbranched alkanes of at least 4 members (excludes halogenated alkanes) is 1. The van der Waals surface area contributed by atoms with Crippen molar-refractivity contribution in [3.63, 3.8) is 0 Å². The van der Waals surface area contributed by atoms with Crippen LogP contribution in [-0.4, -0.2) is 90.7 Å². The number of carbonyl (C=O) groups is 3. The topological polar surface area (TPSA) is 127 Å². The average molecular weight is 566 g/mol. The minimum absolute atomic E-state index is 0.0692. The highest BCUT2D eigenvalue weighted by molar-refractivity contribution is 5.98. The molecule has 3 aliphatic heterocycles. The molecule has 3 saturated heterocycles. The molecule has 3 fully saturated rings. The van der Waals surface area contributed by atoms with Crippen LogP contribution in [0, 0.1) is 17.8 Å². The Morgan fingerprint density at radius 3 is 2.78 bits per heavy atom. The largest absolute Gasteiger partial charge is 0.465 e. The molecule has 1 aromatic carbocycles. The van der Waals surface area contributed by atoms with Crippen LogP contribution in [0.1, 0.15) is 40.0 Å². The highest BCUT2D eigenvalue weighted by atomic mass is 16.6. The lowest BCUT2D eigenvalue weighted by Gasteiger charge is -2.38. The van der Waals surface area contributed by atoms with Gasteiger partial charge in [-0.1, -0.05) is 36.4 Å². The molecule has 2 aromatic rings. The fourth-order valence-electron chi connectivity index (χ4n) is 7.10. The van der Waals surface area contributed by atoms with E-state index in [4.69, 9.17) is 9.47 Å². The van der Waals surface area contributed by atoms with Gasteiger partial charge in [-0.2, -0.15) is 0 Å². The summed E-state index contributed by atoms with van der Waals surface area (Å²) in [6.07, 6.45) is 5.12. The average Bonchev–Trinajstić information content (AvgIpc) is 3.63. The van der Waals surface area contributed by atoms with Gasteiger partial charge < -0.3 is 24.4 Å². The highest BCUT2D eigenvalue weighted by Crippen LogP contribution is 2.65. The third-order valence-corrected chi connectivity index (χ3v) is 9.16. The van der Waals surface area contributed by atoms with Crippen LogP contribution in [0.2, 0.25) is 0 Å². The Labute approximate surface area is 239 Å². The van der Waals surface area contributed by atoms with E-state index in [9.17, 15) is 19.5 Å². The lowest BCUT2D eigenvalue weighted by atomic mass is 9.62. The summed E-state index contributed by atoms with van der Waals surface area (Å²) in [5, 5.41) is 18.6. The Morgan fingerprint density at radius 1 is 1.32 bits per heavy atom. The number of allylic oxidation sites excluding steroid dienone is 1. The van der Waals surface area contributed by atoms with Gasteiger partial charge in [-0.3, -0.25) is 14.4 Å². The Kier molecular flexibility index (Phi) is 7.78. The molecule has 3 unspecified atom stereocenters. The third kappa shape index (κ3) is 4.46. The van der Waals surface area contributed by atoms with E-state index in [1.807, 2.05) is 38.1 Å². The van der Waals surface area contributed by atoms with Crippen molar-refractivity contribution >= 4 is 28.8 Å². The van der Waals surface area contributed by atoms with E-state index in [0.717, 1.165) is 5.52 Å². The Hall–Kier alpha value is -3.57. The van der Waals surface area contributed by atoms with Crippen molar-refractivity contribution < 1.29 is 29.0 Å². The number of aromatic nitrogens is 3. The summed E-state index contributed by atoms with van der Waals surface area (Å²) >= 11 is 0. The predicted molar refractivity (Wildman–Crippen MR) is 150 cm³/mol. The minimum atomic E-state index is -1.25. The highest BCUT2D eigenvalue weighted by Gasteiger charge is 2.80. The summed E-state index contributed by atoms with van der Waals surface area (Å²) in [4.78, 5) is 45.3. The number of hydrogen-bond acceptors (Lipinski definition) is 8. The fourth-order valence-corrected chi connectivity index (χ4v) is 7.10. The maximum atomic E-state index is 14.6. The number of aliphatic hydroxyl groups is 1. The zero-order valence-corrected chi connectivity index (χ0v) is 23.9. The van der Waals surface area contributed by atoms with E-state index >= 15 is 0 Å². The second-order valence-corrected chi connectivity index (χ2v) is 11.6. The van der Waals surface area contributed by atoms with Gasteiger partial charge in [-0.05, 0) is 51.2 Å². The summed E-state index contributed by atoms with van der Waals surface area (Å²) in [5.41, 5.74) is -0.779. The molecule has 11 nitrogen and oxygen atoms in total. The molecule has 11 heteroatoms. The fraction of sp³-hybridized carbons (Fsp3) is 0.567. The van der Waals surface area contributed by atoms with Crippen molar-refractivity contribution in [2.24, 2.45) is 17.8 Å². The van der Waals surface area contributed by atoms with E-state index in [1.54, 1.807) is 28.7 Å². The molecule has 7 atom stereocenters. The normalized spacial score (nSPS) is 30.8. The molecule has 5 rings (SSSR count). The van der Waals surface area contributed by atoms with Crippen LogP contribution in [-0.2, 0) is 30.5 Å². The predicted octanol–water partition coefficient (Wildman–Crippen LogP) is 2.30. The van der Waals surface area contributed by atoms with E-state index < -0.39 is 41.1 Å². The Morgan fingerprint density at radius 2 is 2.07 bits per heavy atom. The molecule has 2 bridgehead atoms. The first-order chi connectivity index (χ1) is 19.6. The Balaban J connectivity index is 1.53. The molecular formula is C30H39N5O6. The van der Waals surface area contributed by atoms with Gasteiger partial charge in [-0.25, -0.2) is 4.68 Å². The van der Waals surface area contributed by atoms with Gasteiger partial charge in [-0.15, -0.1) is 18.3 Å². The monoisotopic (exact) mass is 565 g/mol. The minimum Gasteiger partial charge on any atom is -0.465 e. The zero-order valence-electron chi connectivity index (χ0n) is 23.9. The van der Waals surface area contributed by atoms with Gasteiger partial charge >= 0.3 is 5.97 Å². The van der Waals surface area contributed by atoms with Crippen LogP contribution >= 0.6 is 0 Å². The van der Waals surface area contributed by atoms with Crippen molar-refractivity contribution in [1.82, 2.24) is 24.8 Å². The second-order valence-electron chi connectivity index (χ2n) is 11.6. The number of rotatable bonds is 12. The van der Waals surface area contributed by atoms with E-state index in [-0.39, 0.29) is 44.2 Å². The summed E-state index contributed by atoms with van der Waals surface area (Å²) in [7, 11) is 0. The smallest absolute Gasteiger partial charge is 0.312 e. The summed E-state index contributed by atoms with van der Waals surface area (Å²) in [6, 6.07) is 5.71. The van der Waals surface area contributed by atoms with Crippen LogP contribution < -0.4 is 0 Å². The van der Waals surface area contributed by atoms with E-state index in [2.05, 4.69) is 23.5 Å². The van der Waals surface area contributed by atoms with Gasteiger partial charge in [0, 0.05) is 6.54 Å². The number of aliphatic hydroxyl groups excluding tert-OH is 1. The van der Waals surface area contributed by atoms with Crippen molar-refractivity contribution in [2.45, 2.75) is 70.0 Å². The molecule has 4 heterocycles. The molecule has 0 radical (unpaired) electrons. The van der Waals surface area contributed by atoms with Gasteiger partial charge in [0.2, 0.25) is 11.8 Å². The molecule has 41 heavy (non-hydrogen) atoms. The van der Waals surface area contributed by atoms with Crippen molar-refractivity contribution in [3.05, 3.63) is 49.6 Å². The van der Waals surface area contributed by atoms with Gasteiger partial charge in [0.25, 0.3) is 0 Å². The van der Waals surface area contributed by atoms with Crippen LogP contribution in [0.5, 0.6) is 0 Å². The quantitative estimate of drug-likeness (QED) is 0.236. The van der Waals surface area contributed by atoms with E-state index in [0.29, 0.717) is 24.8 Å². The lowest BCUT2D eigenvalue weighted by Crippen LogP contribution is -2.58.